The minimum Gasteiger partial charge on any atom is -0.353 e. The molecule has 144 valence electrons. The van der Waals surface area contributed by atoms with E-state index in [-0.39, 0.29) is 24.4 Å². The van der Waals surface area contributed by atoms with Gasteiger partial charge in [-0.25, -0.2) is 0 Å². The molecule has 2 aliphatic heterocycles. The molecule has 27 heavy (non-hydrogen) atoms. The fourth-order valence-electron chi connectivity index (χ4n) is 3.53. The number of carbonyl (C=O) groups excluding carboxylic acids is 4. The van der Waals surface area contributed by atoms with E-state index >= 15 is 0 Å². The summed E-state index contributed by atoms with van der Waals surface area (Å²) in [5, 5.41) is 3.02. The number of piperidine rings is 1. The van der Waals surface area contributed by atoms with E-state index in [9.17, 15) is 19.2 Å². The monoisotopic (exact) mass is 371 g/mol. The number of nitrogens with zero attached hydrogens (tertiary/aromatic N) is 2. The van der Waals surface area contributed by atoms with E-state index in [1.54, 1.807) is 29.2 Å². The molecule has 1 aromatic carbocycles. The van der Waals surface area contributed by atoms with Crippen LogP contribution in [0.15, 0.2) is 24.3 Å². The van der Waals surface area contributed by atoms with Gasteiger partial charge in [-0.15, -0.1) is 0 Å². The molecule has 0 atom stereocenters. The van der Waals surface area contributed by atoms with Crippen molar-refractivity contribution in [1.82, 2.24) is 15.1 Å². The van der Waals surface area contributed by atoms with E-state index in [1.807, 2.05) is 6.92 Å². The Morgan fingerprint density at radius 1 is 1.07 bits per heavy atom. The number of fused-ring (bicyclic) bond motifs is 1. The Morgan fingerprint density at radius 2 is 1.67 bits per heavy atom. The number of benzene rings is 1. The van der Waals surface area contributed by atoms with Crippen LogP contribution >= 0.6 is 0 Å². The van der Waals surface area contributed by atoms with Gasteiger partial charge in [0.1, 0.15) is 6.54 Å². The molecule has 1 saturated heterocycles. The molecule has 0 saturated carbocycles. The number of carbonyl (C=O) groups is 4. The summed E-state index contributed by atoms with van der Waals surface area (Å²) in [6.07, 6.45) is 3.77. The van der Waals surface area contributed by atoms with Gasteiger partial charge in [0.15, 0.2) is 0 Å². The first-order valence-electron chi connectivity index (χ1n) is 9.53. The maximum atomic E-state index is 12.6. The van der Waals surface area contributed by atoms with Gasteiger partial charge in [0.25, 0.3) is 11.8 Å². The van der Waals surface area contributed by atoms with Crippen molar-refractivity contribution in [1.29, 1.82) is 0 Å². The summed E-state index contributed by atoms with van der Waals surface area (Å²) >= 11 is 0. The lowest BCUT2D eigenvalue weighted by atomic mass is 10.0. The van der Waals surface area contributed by atoms with Crippen LogP contribution in [0.25, 0.3) is 0 Å². The fourth-order valence-corrected chi connectivity index (χ4v) is 3.53. The zero-order valence-electron chi connectivity index (χ0n) is 15.6. The van der Waals surface area contributed by atoms with E-state index in [1.165, 1.54) is 0 Å². The SMILES string of the molecule is CCCCC(=O)NC1CCN(C(=O)CN2C(=O)c3ccccc3C2=O)CC1. The number of amides is 4. The van der Waals surface area contributed by atoms with E-state index in [0.717, 1.165) is 17.7 Å². The summed E-state index contributed by atoms with van der Waals surface area (Å²) in [6, 6.07) is 6.70. The van der Waals surface area contributed by atoms with Gasteiger partial charge in [0, 0.05) is 25.6 Å². The normalized spacial score (nSPS) is 17.2. The topological polar surface area (TPSA) is 86.8 Å². The second kappa shape index (κ2) is 8.33. The smallest absolute Gasteiger partial charge is 0.262 e. The molecule has 4 amide bonds. The van der Waals surface area contributed by atoms with Crippen LogP contribution in [0.3, 0.4) is 0 Å². The zero-order valence-corrected chi connectivity index (χ0v) is 15.6. The highest BCUT2D eigenvalue weighted by Gasteiger charge is 2.37. The number of rotatable bonds is 6. The minimum atomic E-state index is -0.415. The maximum Gasteiger partial charge on any atom is 0.262 e. The number of likely N-dealkylation sites (tertiary alicyclic amines) is 1. The number of hydrogen-bond donors (Lipinski definition) is 1. The third kappa shape index (κ3) is 4.18. The van der Waals surface area contributed by atoms with Crippen LogP contribution in [-0.2, 0) is 9.59 Å². The van der Waals surface area contributed by atoms with Crippen LogP contribution < -0.4 is 5.32 Å². The predicted octanol–water partition coefficient (Wildman–Crippen LogP) is 1.58. The van der Waals surface area contributed by atoms with Gasteiger partial charge in [-0.1, -0.05) is 25.5 Å². The van der Waals surface area contributed by atoms with Crippen molar-refractivity contribution >= 4 is 23.6 Å². The maximum absolute atomic E-state index is 12.6. The quantitative estimate of drug-likeness (QED) is 0.769. The van der Waals surface area contributed by atoms with E-state index in [4.69, 9.17) is 0 Å². The highest BCUT2D eigenvalue weighted by Crippen LogP contribution is 2.22. The Balaban J connectivity index is 1.50. The highest BCUT2D eigenvalue weighted by molar-refractivity contribution is 6.22. The molecule has 0 aliphatic carbocycles. The van der Waals surface area contributed by atoms with Crippen molar-refractivity contribution in [3.63, 3.8) is 0 Å². The average Bonchev–Trinajstić information content (AvgIpc) is 2.92. The van der Waals surface area contributed by atoms with Crippen molar-refractivity contribution in [3.8, 4) is 0 Å². The van der Waals surface area contributed by atoms with Gasteiger partial charge in [0.2, 0.25) is 11.8 Å². The molecule has 1 fully saturated rings. The van der Waals surface area contributed by atoms with Gasteiger partial charge in [0.05, 0.1) is 11.1 Å². The molecule has 0 aromatic heterocycles. The molecule has 2 aliphatic rings. The van der Waals surface area contributed by atoms with Crippen LogP contribution in [0.1, 0.15) is 59.7 Å². The number of unbranched alkanes of at least 4 members (excludes halogenated alkanes) is 1. The van der Waals surface area contributed by atoms with Gasteiger partial charge in [-0.2, -0.15) is 0 Å². The molecule has 0 bridgehead atoms. The fraction of sp³-hybridized carbons (Fsp3) is 0.500. The van der Waals surface area contributed by atoms with Crippen molar-refractivity contribution < 1.29 is 19.2 Å². The number of imide groups is 1. The molecular formula is C20H25N3O4. The lowest BCUT2D eigenvalue weighted by molar-refractivity contribution is -0.132. The van der Waals surface area contributed by atoms with Crippen molar-refractivity contribution in [2.45, 2.75) is 45.1 Å². The molecule has 1 aromatic rings. The lowest BCUT2D eigenvalue weighted by Gasteiger charge is -2.33. The van der Waals surface area contributed by atoms with Crippen LogP contribution in [0.5, 0.6) is 0 Å². The van der Waals surface area contributed by atoms with Crippen molar-refractivity contribution in [2.75, 3.05) is 19.6 Å². The molecule has 7 nitrogen and oxygen atoms in total. The summed E-state index contributed by atoms with van der Waals surface area (Å²) in [6.45, 7) is 2.84. The van der Waals surface area contributed by atoms with Crippen LogP contribution in [0.2, 0.25) is 0 Å². The minimum absolute atomic E-state index is 0.0626. The van der Waals surface area contributed by atoms with Crippen molar-refractivity contribution in [3.05, 3.63) is 35.4 Å². The lowest BCUT2D eigenvalue weighted by Crippen LogP contribution is -2.49. The predicted molar refractivity (Wildman–Crippen MR) is 99.1 cm³/mol. The van der Waals surface area contributed by atoms with Gasteiger partial charge < -0.3 is 10.2 Å². The Bertz CT molecular complexity index is 718. The van der Waals surface area contributed by atoms with Gasteiger partial charge >= 0.3 is 0 Å². The highest BCUT2D eigenvalue weighted by atomic mass is 16.2. The molecule has 0 spiro atoms. The Kier molecular flexibility index (Phi) is 5.88. The van der Waals surface area contributed by atoms with Crippen LogP contribution in [0.4, 0.5) is 0 Å². The first-order chi connectivity index (χ1) is 13.0. The molecule has 3 rings (SSSR count). The second-order valence-corrected chi connectivity index (χ2v) is 7.07. The summed E-state index contributed by atoms with van der Waals surface area (Å²) < 4.78 is 0. The Morgan fingerprint density at radius 3 is 2.22 bits per heavy atom. The average molecular weight is 371 g/mol. The van der Waals surface area contributed by atoms with Crippen molar-refractivity contribution in [2.24, 2.45) is 0 Å². The largest absolute Gasteiger partial charge is 0.353 e. The van der Waals surface area contributed by atoms with E-state index in [2.05, 4.69) is 5.32 Å². The van der Waals surface area contributed by atoms with Gasteiger partial charge in [-0.3, -0.25) is 24.1 Å². The molecule has 2 heterocycles. The van der Waals surface area contributed by atoms with Crippen LogP contribution in [-0.4, -0.2) is 59.1 Å². The molecule has 7 heteroatoms. The summed E-state index contributed by atoms with van der Waals surface area (Å²) in [5.74, 6) is -1.00. The number of hydrogen-bond acceptors (Lipinski definition) is 4. The summed E-state index contributed by atoms with van der Waals surface area (Å²) in [7, 11) is 0. The third-order valence-electron chi connectivity index (χ3n) is 5.14. The number of nitrogens with one attached hydrogen (secondary N) is 1. The summed E-state index contributed by atoms with van der Waals surface area (Å²) in [5.41, 5.74) is 0.701. The molecule has 0 radical (unpaired) electrons. The van der Waals surface area contributed by atoms with E-state index in [0.29, 0.717) is 43.5 Å². The van der Waals surface area contributed by atoms with E-state index < -0.39 is 11.8 Å². The summed E-state index contributed by atoms with van der Waals surface area (Å²) in [4.78, 5) is 51.8. The second-order valence-electron chi connectivity index (χ2n) is 7.07. The third-order valence-corrected chi connectivity index (χ3v) is 5.14. The first kappa shape index (κ1) is 19.1. The molecular weight excluding hydrogens is 346 g/mol. The first-order valence-corrected chi connectivity index (χ1v) is 9.53. The zero-order chi connectivity index (χ0) is 19.4. The molecule has 1 N–H and O–H groups in total. The standard InChI is InChI=1S/C20H25N3O4/c1-2-3-8-17(24)21-14-9-11-22(12-10-14)18(25)13-23-19(26)15-6-4-5-7-16(15)20(23)27/h4-7,14H,2-3,8-13H2,1H3,(H,21,24). The Labute approximate surface area is 158 Å². The molecule has 0 unspecified atom stereocenters. The Hall–Kier alpha value is -2.70. The van der Waals surface area contributed by atoms with Crippen LogP contribution in [0, 0.1) is 0 Å². The van der Waals surface area contributed by atoms with Gasteiger partial charge in [-0.05, 0) is 31.4 Å².